The second-order valence-corrected chi connectivity index (χ2v) is 4.51. The molecule has 18 heavy (non-hydrogen) atoms. The minimum absolute atomic E-state index is 0.0676. The van der Waals surface area contributed by atoms with Crippen LogP contribution in [0, 0.1) is 12.7 Å². The topological polar surface area (TPSA) is 32.3 Å². The van der Waals surface area contributed by atoms with Gasteiger partial charge in [-0.25, -0.2) is 4.39 Å². The summed E-state index contributed by atoms with van der Waals surface area (Å²) >= 11 is 5.81. The van der Waals surface area contributed by atoms with Gasteiger partial charge in [-0.1, -0.05) is 17.7 Å². The molecule has 0 saturated heterocycles. The Morgan fingerprint density at radius 3 is 2.67 bits per heavy atom. The van der Waals surface area contributed by atoms with Gasteiger partial charge in [0.25, 0.3) is 0 Å². The number of benzene rings is 2. The molecule has 0 spiro atoms. The molecule has 0 heterocycles. The Labute approximate surface area is 110 Å². The lowest BCUT2D eigenvalue weighted by Crippen LogP contribution is -2.00. The fourth-order valence-electron chi connectivity index (χ4n) is 1.62. The van der Waals surface area contributed by atoms with Crippen molar-refractivity contribution in [2.75, 3.05) is 5.32 Å². The van der Waals surface area contributed by atoms with Gasteiger partial charge in [0.05, 0.1) is 5.02 Å². The zero-order chi connectivity index (χ0) is 13.1. The molecule has 0 aromatic heterocycles. The largest absolute Gasteiger partial charge is 0.506 e. The van der Waals surface area contributed by atoms with Gasteiger partial charge in [-0.3, -0.25) is 0 Å². The van der Waals surface area contributed by atoms with Crippen molar-refractivity contribution in [1.82, 2.24) is 0 Å². The first-order valence-corrected chi connectivity index (χ1v) is 5.91. The van der Waals surface area contributed by atoms with Gasteiger partial charge in [-0.2, -0.15) is 0 Å². The fraction of sp³-hybridized carbons (Fsp3) is 0.143. The predicted molar refractivity (Wildman–Crippen MR) is 71.6 cm³/mol. The Bertz CT molecular complexity index is 520. The Balaban J connectivity index is 2.06. The summed E-state index contributed by atoms with van der Waals surface area (Å²) in [5.41, 5.74) is 2.39. The van der Waals surface area contributed by atoms with E-state index < -0.39 is 0 Å². The van der Waals surface area contributed by atoms with Crippen LogP contribution in [0.5, 0.6) is 5.75 Å². The molecule has 0 unspecified atom stereocenters. The van der Waals surface area contributed by atoms with Crippen LogP contribution < -0.4 is 5.32 Å². The number of nitrogens with one attached hydrogen (secondary N) is 1. The van der Waals surface area contributed by atoms with E-state index in [2.05, 4.69) is 5.32 Å². The minimum atomic E-state index is -0.215. The molecule has 2 aromatic rings. The number of phenols is 1. The van der Waals surface area contributed by atoms with Gasteiger partial charge >= 0.3 is 0 Å². The van der Waals surface area contributed by atoms with E-state index in [1.54, 1.807) is 37.3 Å². The van der Waals surface area contributed by atoms with E-state index in [-0.39, 0.29) is 11.6 Å². The zero-order valence-electron chi connectivity index (χ0n) is 9.87. The highest BCUT2D eigenvalue weighted by molar-refractivity contribution is 6.32. The third kappa shape index (κ3) is 2.93. The van der Waals surface area contributed by atoms with Gasteiger partial charge in [0.15, 0.2) is 0 Å². The van der Waals surface area contributed by atoms with E-state index in [4.69, 9.17) is 11.6 Å². The van der Waals surface area contributed by atoms with Crippen molar-refractivity contribution in [1.29, 1.82) is 0 Å². The number of hydrogen-bond donors (Lipinski definition) is 2. The van der Waals surface area contributed by atoms with E-state index in [1.807, 2.05) is 0 Å². The van der Waals surface area contributed by atoms with Crippen LogP contribution in [-0.4, -0.2) is 5.11 Å². The molecular weight excluding hydrogens is 253 g/mol. The van der Waals surface area contributed by atoms with Gasteiger partial charge in [0, 0.05) is 12.2 Å². The molecule has 4 heteroatoms. The van der Waals surface area contributed by atoms with Crippen LogP contribution in [-0.2, 0) is 6.54 Å². The molecule has 2 rings (SSSR count). The highest BCUT2D eigenvalue weighted by atomic mass is 35.5. The average Bonchev–Trinajstić information content (AvgIpc) is 2.35. The van der Waals surface area contributed by atoms with Crippen LogP contribution in [0.4, 0.5) is 10.1 Å². The van der Waals surface area contributed by atoms with Crippen molar-refractivity contribution in [3.05, 3.63) is 58.4 Å². The lowest BCUT2D eigenvalue weighted by atomic mass is 10.2. The van der Waals surface area contributed by atoms with Crippen LogP contribution in [0.25, 0.3) is 0 Å². The van der Waals surface area contributed by atoms with Crippen molar-refractivity contribution in [2.24, 2.45) is 0 Å². The number of halogens is 2. The first-order chi connectivity index (χ1) is 8.56. The molecule has 0 bridgehead atoms. The fourth-order valence-corrected chi connectivity index (χ4v) is 1.82. The molecule has 2 aromatic carbocycles. The summed E-state index contributed by atoms with van der Waals surface area (Å²) in [7, 11) is 0. The van der Waals surface area contributed by atoms with E-state index in [0.717, 1.165) is 11.3 Å². The SMILES string of the molecule is Cc1cc(NCc2ccc(O)c(Cl)c2)ccc1F. The van der Waals surface area contributed by atoms with Crippen LogP contribution in [0.3, 0.4) is 0 Å². The van der Waals surface area contributed by atoms with E-state index in [0.29, 0.717) is 17.1 Å². The molecule has 0 radical (unpaired) electrons. The number of aromatic hydroxyl groups is 1. The molecule has 0 amide bonds. The summed E-state index contributed by atoms with van der Waals surface area (Å²) in [6.07, 6.45) is 0. The van der Waals surface area contributed by atoms with Gasteiger partial charge in [0.2, 0.25) is 0 Å². The molecule has 2 N–H and O–H groups in total. The number of phenolic OH excluding ortho intramolecular Hbond substituents is 1. The maximum Gasteiger partial charge on any atom is 0.134 e. The van der Waals surface area contributed by atoms with Gasteiger partial charge < -0.3 is 10.4 Å². The normalized spacial score (nSPS) is 10.4. The molecule has 0 fully saturated rings. The third-order valence-electron chi connectivity index (χ3n) is 2.67. The Kier molecular flexibility index (Phi) is 3.72. The molecule has 0 aliphatic heterocycles. The second-order valence-electron chi connectivity index (χ2n) is 4.10. The zero-order valence-corrected chi connectivity index (χ0v) is 10.6. The summed E-state index contributed by atoms with van der Waals surface area (Å²) in [6, 6.07) is 9.89. The molecule has 0 saturated carbocycles. The number of rotatable bonds is 3. The Hall–Kier alpha value is -1.74. The van der Waals surface area contributed by atoms with Gasteiger partial charge in [-0.15, -0.1) is 0 Å². The van der Waals surface area contributed by atoms with Crippen molar-refractivity contribution >= 4 is 17.3 Å². The maximum atomic E-state index is 13.1. The summed E-state index contributed by atoms with van der Waals surface area (Å²) in [4.78, 5) is 0. The van der Waals surface area contributed by atoms with E-state index >= 15 is 0 Å². The highest BCUT2D eigenvalue weighted by Gasteiger charge is 2.01. The van der Waals surface area contributed by atoms with Gasteiger partial charge in [0.1, 0.15) is 11.6 Å². The van der Waals surface area contributed by atoms with Crippen molar-refractivity contribution in [2.45, 2.75) is 13.5 Å². The summed E-state index contributed by atoms with van der Waals surface area (Å²) in [6.45, 7) is 2.28. The molecule has 94 valence electrons. The minimum Gasteiger partial charge on any atom is -0.506 e. The molecule has 0 aliphatic carbocycles. The summed E-state index contributed by atoms with van der Waals surface area (Å²) in [5.74, 6) is -0.147. The predicted octanol–water partition coefficient (Wildman–Crippen LogP) is 4.11. The summed E-state index contributed by atoms with van der Waals surface area (Å²) in [5, 5.41) is 12.8. The van der Waals surface area contributed by atoms with Crippen molar-refractivity contribution in [3.63, 3.8) is 0 Å². The van der Waals surface area contributed by atoms with Crippen LogP contribution in [0.1, 0.15) is 11.1 Å². The highest BCUT2D eigenvalue weighted by Crippen LogP contribution is 2.24. The third-order valence-corrected chi connectivity index (χ3v) is 2.97. The maximum absolute atomic E-state index is 13.1. The van der Waals surface area contributed by atoms with Crippen molar-refractivity contribution < 1.29 is 9.50 Å². The van der Waals surface area contributed by atoms with Crippen LogP contribution in [0.15, 0.2) is 36.4 Å². The molecule has 0 aliphatic rings. The molecule has 0 atom stereocenters. The molecule has 2 nitrogen and oxygen atoms in total. The van der Waals surface area contributed by atoms with Gasteiger partial charge in [-0.05, 0) is 48.4 Å². The Morgan fingerprint density at radius 1 is 1.22 bits per heavy atom. The molecular formula is C14H13ClFNO. The first kappa shape index (κ1) is 12.7. The van der Waals surface area contributed by atoms with E-state index in [1.165, 1.54) is 6.07 Å². The average molecular weight is 266 g/mol. The summed E-state index contributed by atoms with van der Waals surface area (Å²) < 4.78 is 13.1. The second kappa shape index (κ2) is 5.27. The lowest BCUT2D eigenvalue weighted by molar-refractivity contribution is 0.475. The van der Waals surface area contributed by atoms with Crippen LogP contribution in [0.2, 0.25) is 5.02 Å². The lowest BCUT2D eigenvalue weighted by Gasteiger charge is -2.08. The monoisotopic (exact) mass is 265 g/mol. The number of aryl methyl sites for hydroxylation is 1. The number of anilines is 1. The smallest absolute Gasteiger partial charge is 0.134 e. The van der Waals surface area contributed by atoms with Crippen molar-refractivity contribution in [3.8, 4) is 5.75 Å². The van der Waals surface area contributed by atoms with E-state index in [9.17, 15) is 9.50 Å². The Morgan fingerprint density at radius 2 is 2.00 bits per heavy atom. The quantitative estimate of drug-likeness (QED) is 0.875. The standard InChI is InChI=1S/C14H13ClFNO/c1-9-6-11(3-4-13(9)16)17-8-10-2-5-14(18)12(15)7-10/h2-7,17-18H,8H2,1H3. The first-order valence-electron chi connectivity index (χ1n) is 5.53. The number of hydrogen-bond acceptors (Lipinski definition) is 2. The van der Waals surface area contributed by atoms with Crippen LogP contribution >= 0.6 is 11.6 Å².